The Kier molecular flexibility index (Phi) is 4.20. The van der Waals surface area contributed by atoms with Crippen molar-refractivity contribution >= 4 is 11.5 Å². The molecule has 3 nitrogen and oxygen atoms in total. The smallest absolute Gasteiger partial charge is 0.129 e. The molecule has 19 heavy (non-hydrogen) atoms. The summed E-state index contributed by atoms with van der Waals surface area (Å²) in [6, 6.07) is 12.6. The Hall–Kier alpha value is -2.27. The summed E-state index contributed by atoms with van der Waals surface area (Å²) >= 11 is 0. The monoisotopic (exact) mass is 261 g/mol. The first-order valence-electron chi connectivity index (χ1n) is 5.72. The van der Waals surface area contributed by atoms with Crippen LogP contribution in [0.4, 0.5) is 14.5 Å². The molecule has 0 aliphatic rings. The minimum atomic E-state index is -0.615. The fourth-order valence-corrected chi connectivity index (χ4v) is 1.63. The summed E-state index contributed by atoms with van der Waals surface area (Å²) in [4.78, 5) is 4.26. The normalized spacial score (nSPS) is 11.4. The summed E-state index contributed by atoms with van der Waals surface area (Å²) in [7, 11) is 0. The third-order valence-corrected chi connectivity index (χ3v) is 2.56. The molecule has 0 aliphatic carbocycles. The molecule has 2 aromatic carbocycles. The molecular formula is C14H13F2N3. The van der Waals surface area contributed by atoms with Gasteiger partial charge in [0, 0.05) is 12.5 Å². The molecule has 2 aromatic rings. The second-order valence-corrected chi connectivity index (χ2v) is 3.95. The van der Waals surface area contributed by atoms with Crippen LogP contribution in [0.1, 0.15) is 5.56 Å². The van der Waals surface area contributed by atoms with Gasteiger partial charge in [-0.3, -0.25) is 0 Å². The summed E-state index contributed by atoms with van der Waals surface area (Å²) in [5.41, 5.74) is 3.46. The number of nitrogens with zero attached hydrogens (tertiary/aromatic N) is 1. The van der Waals surface area contributed by atoms with E-state index in [1.165, 1.54) is 12.1 Å². The molecular weight excluding hydrogens is 248 g/mol. The van der Waals surface area contributed by atoms with E-state index in [1.807, 2.05) is 18.2 Å². The van der Waals surface area contributed by atoms with E-state index in [0.29, 0.717) is 17.1 Å². The van der Waals surface area contributed by atoms with Gasteiger partial charge in [-0.15, -0.1) is 0 Å². The quantitative estimate of drug-likeness (QED) is 0.386. The van der Waals surface area contributed by atoms with Gasteiger partial charge in [-0.25, -0.2) is 19.6 Å². The second-order valence-electron chi connectivity index (χ2n) is 3.95. The van der Waals surface area contributed by atoms with Gasteiger partial charge in [-0.2, -0.15) is 0 Å². The average molecular weight is 261 g/mol. The fourth-order valence-electron chi connectivity index (χ4n) is 1.63. The van der Waals surface area contributed by atoms with Crippen LogP contribution < -0.4 is 11.3 Å². The standard InChI is InChI=1S/C14H13F2N3/c15-11-7-6-10(13(16)9-11)8-14(19-17)18-12-4-2-1-3-5-12/h1-7,9H,8,17H2,(H,18,19). The minimum Gasteiger partial charge on any atom is -0.312 e. The van der Waals surface area contributed by atoms with Crippen LogP contribution in [-0.2, 0) is 6.42 Å². The van der Waals surface area contributed by atoms with E-state index >= 15 is 0 Å². The Balaban J connectivity index is 2.22. The molecule has 0 bridgehead atoms. The third-order valence-electron chi connectivity index (χ3n) is 2.56. The van der Waals surface area contributed by atoms with Crippen molar-refractivity contribution in [3.05, 3.63) is 65.7 Å². The maximum Gasteiger partial charge on any atom is 0.129 e. The Labute approximate surface area is 109 Å². The number of hydrogen-bond donors (Lipinski definition) is 2. The van der Waals surface area contributed by atoms with Gasteiger partial charge < -0.3 is 5.43 Å². The number of aliphatic imine (C=N–C) groups is 1. The van der Waals surface area contributed by atoms with E-state index in [-0.39, 0.29) is 6.42 Å². The molecule has 0 saturated heterocycles. The molecule has 5 heteroatoms. The zero-order chi connectivity index (χ0) is 13.7. The van der Waals surface area contributed by atoms with E-state index in [4.69, 9.17) is 5.84 Å². The highest BCUT2D eigenvalue weighted by molar-refractivity contribution is 5.86. The van der Waals surface area contributed by atoms with Crippen LogP contribution in [0.5, 0.6) is 0 Å². The Morgan fingerprint density at radius 1 is 1.11 bits per heavy atom. The number of nitrogens with two attached hydrogens (primary N) is 1. The van der Waals surface area contributed by atoms with Crippen LogP contribution in [0.3, 0.4) is 0 Å². The molecule has 2 rings (SSSR count). The number of nitrogens with one attached hydrogen (secondary N) is 1. The molecule has 0 saturated carbocycles. The zero-order valence-corrected chi connectivity index (χ0v) is 10.1. The van der Waals surface area contributed by atoms with E-state index in [1.54, 1.807) is 12.1 Å². The van der Waals surface area contributed by atoms with Crippen LogP contribution in [-0.4, -0.2) is 5.84 Å². The van der Waals surface area contributed by atoms with Crippen molar-refractivity contribution in [2.24, 2.45) is 10.8 Å². The first-order chi connectivity index (χ1) is 9.19. The zero-order valence-electron chi connectivity index (χ0n) is 10.1. The lowest BCUT2D eigenvalue weighted by Gasteiger charge is -2.07. The van der Waals surface area contributed by atoms with Crippen LogP contribution in [0.25, 0.3) is 0 Å². The van der Waals surface area contributed by atoms with Gasteiger partial charge in [0.05, 0.1) is 5.69 Å². The third kappa shape index (κ3) is 3.59. The first kappa shape index (κ1) is 13.2. The molecule has 0 aliphatic heterocycles. The SMILES string of the molecule is NNC(Cc1ccc(F)cc1F)=Nc1ccccc1. The lowest BCUT2D eigenvalue weighted by Crippen LogP contribution is -2.32. The van der Waals surface area contributed by atoms with Crippen molar-refractivity contribution in [1.82, 2.24) is 5.43 Å². The first-order valence-corrected chi connectivity index (χ1v) is 5.72. The van der Waals surface area contributed by atoms with Gasteiger partial charge in [0.15, 0.2) is 0 Å². The van der Waals surface area contributed by atoms with E-state index in [9.17, 15) is 8.78 Å². The maximum absolute atomic E-state index is 13.5. The fraction of sp³-hybridized carbons (Fsp3) is 0.0714. The highest BCUT2D eigenvalue weighted by Crippen LogP contribution is 2.13. The van der Waals surface area contributed by atoms with Crippen molar-refractivity contribution in [3.8, 4) is 0 Å². The van der Waals surface area contributed by atoms with Crippen LogP contribution >= 0.6 is 0 Å². The molecule has 98 valence electrons. The van der Waals surface area contributed by atoms with Gasteiger partial charge in [0.2, 0.25) is 0 Å². The van der Waals surface area contributed by atoms with E-state index in [2.05, 4.69) is 10.4 Å². The lowest BCUT2D eigenvalue weighted by molar-refractivity contribution is 0.575. The summed E-state index contributed by atoms with van der Waals surface area (Å²) in [5.74, 6) is 4.55. The van der Waals surface area contributed by atoms with E-state index < -0.39 is 11.6 Å². The van der Waals surface area contributed by atoms with Crippen LogP contribution in [0.2, 0.25) is 0 Å². The summed E-state index contributed by atoms with van der Waals surface area (Å²) in [6.45, 7) is 0. The summed E-state index contributed by atoms with van der Waals surface area (Å²) in [6.07, 6.45) is 0.164. The molecule has 0 aromatic heterocycles. The predicted molar refractivity (Wildman–Crippen MR) is 70.9 cm³/mol. The number of rotatable bonds is 3. The van der Waals surface area contributed by atoms with Gasteiger partial charge in [0.1, 0.15) is 17.5 Å². The van der Waals surface area contributed by atoms with Crippen molar-refractivity contribution in [3.63, 3.8) is 0 Å². The van der Waals surface area contributed by atoms with Gasteiger partial charge >= 0.3 is 0 Å². The number of hydrogen-bond acceptors (Lipinski definition) is 2. The highest BCUT2D eigenvalue weighted by atomic mass is 19.1. The summed E-state index contributed by atoms with van der Waals surface area (Å²) < 4.78 is 26.3. The topological polar surface area (TPSA) is 50.4 Å². The molecule has 0 amide bonds. The van der Waals surface area contributed by atoms with Crippen molar-refractivity contribution in [2.45, 2.75) is 6.42 Å². The molecule has 0 spiro atoms. The number of para-hydroxylation sites is 1. The van der Waals surface area contributed by atoms with Crippen molar-refractivity contribution < 1.29 is 8.78 Å². The van der Waals surface area contributed by atoms with Gasteiger partial charge in [0.25, 0.3) is 0 Å². The predicted octanol–water partition coefficient (Wildman–Crippen LogP) is 2.70. The minimum absolute atomic E-state index is 0.164. The van der Waals surface area contributed by atoms with Crippen LogP contribution in [0, 0.1) is 11.6 Å². The number of hydrazine groups is 1. The number of benzene rings is 2. The van der Waals surface area contributed by atoms with E-state index in [0.717, 1.165) is 6.07 Å². The van der Waals surface area contributed by atoms with Crippen molar-refractivity contribution in [2.75, 3.05) is 0 Å². The molecule has 0 atom stereocenters. The molecule has 0 fully saturated rings. The Morgan fingerprint density at radius 3 is 2.47 bits per heavy atom. The van der Waals surface area contributed by atoms with Gasteiger partial charge in [-0.05, 0) is 23.8 Å². The average Bonchev–Trinajstić information content (AvgIpc) is 2.42. The Bertz CT molecular complexity index is 582. The molecule has 0 unspecified atom stereocenters. The molecule has 0 heterocycles. The highest BCUT2D eigenvalue weighted by Gasteiger charge is 2.07. The summed E-state index contributed by atoms with van der Waals surface area (Å²) in [5, 5.41) is 0. The lowest BCUT2D eigenvalue weighted by atomic mass is 10.1. The van der Waals surface area contributed by atoms with Crippen LogP contribution in [0.15, 0.2) is 53.5 Å². The number of halogens is 2. The Morgan fingerprint density at radius 2 is 1.84 bits per heavy atom. The van der Waals surface area contributed by atoms with Crippen molar-refractivity contribution in [1.29, 1.82) is 0 Å². The second kappa shape index (κ2) is 6.06. The largest absolute Gasteiger partial charge is 0.312 e. The molecule has 0 radical (unpaired) electrons. The molecule has 3 N–H and O–H groups in total. The maximum atomic E-state index is 13.5. The van der Waals surface area contributed by atoms with Gasteiger partial charge in [-0.1, -0.05) is 24.3 Å². The number of amidine groups is 1.